The van der Waals surface area contributed by atoms with E-state index in [2.05, 4.69) is 9.97 Å². The van der Waals surface area contributed by atoms with Crippen LogP contribution in [-0.2, 0) is 0 Å². The zero-order valence-corrected chi connectivity index (χ0v) is 10.1. The first kappa shape index (κ1) is 12.3. The Labute approximate surface area is 107 Å². The van der Waals surface area contributed by atoms with Crippen molar-refractivity contribution in [3.63, 3.8) is 0 Å². The number of aromatic nitrogens is 2. The van der Waals surface area contributed by atoms with Gasteiger partial charge in [0.25, 0.3) is 0 Å². The number of nitro groups is 1. The minimum Gasteiger partial charge on any atom is -0.415 e. The Hall–Kier alpha value is -2.21. The van der Waals surface area contributed by atoms with Gasteiger partial charge in [-0.15, -0.1) is 0 Å². The Bertz CT molecular complexity index is 604. The lowest BCUT2D eigenvalue weighted by molar-refractivity contribution is -0.386. The van der Waals surface area contributed by atoms with Crippen LogP contribution in [-0.4, -0.2) is 14.9 Å². The van der Waals surface area contributed by atoms with Gasteiger partial charge in [-0.05, 0) is 18.6 Å². The molecule has 0 radical (unpaired) electrons. The molecule has 0 amide bonds. The van der Waals surface area contributed by atoms with Crippen molar-refractivity contribution in [3.05, 3.63) is 51.3 Å². The summed E-state index contributed by atoms with van der Waals surface area (Å²) in [4.78, 5) is 18.0. The van der Waals surface area contributed by atoms with Gasteiger partial charge in [-0.3, -0.25) is 10.1 Å². The molecule has 0 N–H and O–H groups in total. The molecule has 18 heavy (non-hydrogen) atoms. The van der Waals surface area contributed by atoms with Crippen LogP contribution in [0, 0.1) is 17.0 Å². The zero-order valence-electron chi connectivity index (χ0n) is 9.33. The fourth-order valence-electron chi connectivity index (χ4n) is 1.29. The van der Waals surface area contributed by atoms with Crippen molar-refractivity contribution >= 4 is 17.3 Å². The lowest BCUT2D eigenvalue weighted by Crippen LogP contribution is -1.97. The van der Waals surface area contributed by atoms with Gasteiger partial charge < -0.3 is 4.74 Å². The maximum absolute atomic E-state index is 10.8. The quantitative estimate of drug-likeness (QED) is 0.629. The number of rotatable bonds is 3. The number of nitrogens with zero attached hydrogens (tertiary/aromatic N) is 3. The van der Waals surface area contributed by atoms with Crippen LogP contribution in [0.25, 0.3) is 0 Å². The molecule has 0 fully saturated rings. The van der Waals surface area contributed by atoms with Gasteiger partial charge >= 0.3 is 11.6 Å². The van der Waals surface area contributed by atoms with Gasteiger partial charge in [-0.25, -0.2) is 9.97 Å². The van der Waals surface area contributed by atoms with Crippen molar-refractivity contribution < 1.29 is 9.66 Å². The maximum Gasteiger partial charge on any atom is 0.332 e. The molecule has 0 aliphatic rings. The Kier molecular flexibility index (Phi) is 3.38. The zero-order chi connectivity index (χ0) is 13.1. The number of halogens is 1. The maximum atomic E-state index is 10.8. The minimum absolute atomic E-state index is 0.137. The third-order valence-corrected chi connectivity index (χ3v) is 2.29. The lowest BCUT2D eigenvalue weighted by Gasteiger charge is -2.04. The Morgan fingerprint density at radius 1 is 1.39 bits per heavy atom. The van der Waals surface area contributed by atoms with Gasteiger partial charge in [0.15, 0.2) is 0 Å². The van der Waals surface area contributed by atoms with Crippen LogP contribution in [0.1, 0.15) is 5.56 Å². The highest BCUT2D eigenvalue weighted by Crippen LogP contribution is 2.30. The smallest absolute Gasteiger partial charge is 0.332 e. The van der Waals surface area contributed by atoms with Gasteiger partial charge in [-0.2, -0.15) is 0 Å². The van der Waals surface area contributed by atoms with Crippen LogP contribution >= 0.6 is 11.6 Å². The van der Waals surface area contributed by atoms with E-state index in [1.807, 2.05) is 6.92 Å². The summed E-state index contributed by atoms with van der Waals surface area (Å²) in [5.74, 6) is 0.107. The van der Waals surface area contributed by atoms with E-state index in [4.69, 9.17) is 16.3 Å². The SMILES string of the molecule is Cc1ccnc(Oc2ncc(Cl)cc2[N+](=O)[O-])c1. The molecule has 6 nitrogen and oxygen atoms in total. The summed E-state index contributed by atoms with van der Waals surface area (Å²) in [6, 6.07) is 4.62. The van der Waals surface area contributed by atoms with Crippen molar-refractivity contribution in [2.75, 3.05) is 0 Å². The Balaban J connectivity index is 2.37. The van der Waals surface area contributed by atoms with E-state index in [0.29, 0.717) is 0 Å². The number of hydrogen-bond acceptors (Lipinski definition) is 5. The molecule has 2 heterocycles. The predicted octanol–water partition coefficient (Wildman–Crippen LogP) is 3.14. The van der Waals surface area contributed by atoms with Crippen molar-refractivity contribution in [1.82, 2.24) is 9.97 Å². The molecule has 0 saturated heterocycles. The normalized spacial score (nSPS) is 10.1. The van der Waals surface area contributed by atoms with E-state index >= 15 is 0 Å². The Morgan fingerprint density at radius 2 is 2.17 bits per heavy atom. The monoisotopic (exact) mass is 265 g/mol. The van der Waals surface area contributed by atoms with Crippen LogP contribution in [0.15, 0.2) is 30.6 Å². The van der Waals surface area contributed by atoms with E-state index < -0.39 is 4.92 Å². The average Bonchev–Trinajstić information content (AvgIpc) is 2.31. The minimum atomic E-state index is -0.607. The van der Waals surface area contributed by atoms with Crippen LogP contribution in [0.5, 0.6) is 11.8 Å². The first-order valence-electron chi connectivity index (χ1n) is 4.96. The molecular formula is C11H8ClN3O3. The molecule has 0 aliphatic heterocycles. The standard InChI is InChI=1S/C11H8ClN3O3/c1-7-2-3-13-10(4-7)18-11-9(15(16)17)5-8(12)6-14-11/h2-6H,1H3. The lowest BCUT2D eigenvalue weighted by atomic mass is 10.3. The highest BCUT2D eigenvalue weighted by molar-refractivity contribution is 6.30. The van der Waals surface area contributed by atoms with Crippen molar-refractivity contribution in [2.45, 2.75) is 6.92 Å². The molecular weight excluding hydrogens is 258 g/mol. The molecule has 2 rings (SSSR count). The molecule has 0 bridgehead atoms. The second-order valence-electron chi connectivity index (χ2n) is 3.51. The number of hydrogen-bond donors (Lipinski definition) is 0. The second-order valence-corrected chi connectivity index (χ2v) is 3.94. The highest BCUT2D eigenvalue weighted by Gasteiger charge is 2.18. The molecule has 0 saturated carbocycles. The average molecular weight is 266 g/mol. The molecule has 0 unspecified atom stereocenters. The van der Waals surface area contributed by atoms with Gasteiger partial charge in [0, 0.05) is 18.3 Å². The Morgan fingerprint density at radius 3 is 2.83 bits per heavy atom. The number of pyridine rings is 2. The number of aryl methyl sites for hydroxylation is 1. The molecule has 2 aromatic rings. The van der Waals surface area contributed by atoms with E-state index in [1.54, 1.807) is 18.3 Å². The van der Waals surface area contributed by atoms with Crippen LogP contribution in [0.2, 0.25) is 5.02 Å². The third-order valence-electron chi connectivity index (χ3n) is 2.09. The summed E-state index contributed by atoms with van der Waals surface area (Å²) in [6.45, 7) is 1.86. The van der Waals surface area contributed by atoms with Crippen LogP contribution in [0.3, 0.4) is 0 Å². The summed E-state index contributed by atoms with van der Waals surface area (Å²) >= 11 is 5.65. The largest absolute Gasteiger partial charge is 0.415 e. The van der Waals surface area contributed by atoms with E-state index in [1.165, 1.54) is 12.3 Å². The van der Waals surface area contributed by atoms with E-state index in [9.17, 15) is 10.1 Å². The molecule has 0 spiro atoms. The van der Waals surface area contributed by atoms with E-state index in [0.717, 1.165) is 5.56 Å². The first-order chi connectivity index (χ1) is 8.56. The predicted molar refractivity (Wildman–Crippen MR) is 64.9 cm³/mol. The molecule has 2 aromatic heterocycles. The summed E-state index contributed by atoms with van der Waals surface area (Å²) in [7, 11) is 0. The second kappa shape index (κ2) is 4.97. The topological polar surface area (TPSA) is 78.2 Å². The first-order valence-corrected chi connectivity index (χ1v) is 5.34. The van der Waals surface area contributed by atoms with Crippen LogP contribution < -0.4 is 4.74 Å². The highest BCUT2D eigenvalue weighted by atomic mass is 35.5. The van der Waals surface area contributed by atoms with Crippen molar-refractivity contribution in [1.29, 1.82) is 0 Å². The van der Waals surface area contributed by atoms with Crippen LogP contribution in [0.4, 0.5) is 5.69 Å². The summed E-state index contributed by atoms with van der Waals surface area (Å²) in [5.41, 5.74) is 0.627. The third kappa shape index (κ3) is 2.72. The van der Waals surface area contributed by atoms with Gasteiger partial charge in [0.2, 0.25) is 5.88 Å². The molecule has 92 valence electrons. The summed E-state index contributed by atoms with van der Waals surface area (Å²) in [5, 5.41) is 11.0. The van der Waals surface area contributed by atoms with Gasteiger partial charge in [0.1, 0.15) is 0 Å². The van der Waals surface area contributed by atoms with E-state index in [-0.39, 0.29) is 22.5 Å². The van der Waals surface area contributed by atoms with Crippen molar-refractivity contribution in [2.24, 2.45) is 0 Å². The molecule has 0 aliphatic carbocycles. The summed E-state index contributed by atoms with van der Waals surface area (Å²) < 4.78 is 5.28. The summed E-state index contributed by atoms with van der Waals surface area (Å²) in [6.07, 6.45) is 2.83. The number of ether oxygens (including phenoxy) is 1. The van der Waals surface area contributed by atoms with Crippen molar-refractivity contribution in [3.8, 4) is 11.8 Å². The fraction of sp³-hybridized carbons (Fsp3) is 0.0909. The van der Waals surface area contributed by atoms with Gasteiger partial charge in [0.05, 0.1) is 16.1 Å². The molecule has 0 aromatic carbocycles. The van der Waals surface area contributed by atoms with Gasteiger partial charge in [-0.1, -0.05) is 11.6 Å². The molecule has 7 heteroatoms. The molecule has 0 atom stereocenters. The fourth-order valence-corrected chi connectivity index (χ4v) is 1.44.